The Kier molecular flexibility index (Phi) is 3.56. The molecular formula is C14H12F2N2O2. The highest BCUT2D eigenvalue weighted by Gasteiger charge is 2.18. The molecule has 20 heavy (non-hydrogen) atoms. The van der Waals surface area contributed by atoms with Crippen LogP contribution in [0.2, 0.25) is 0 Å². The summed E-state index contributed by atoms with van der Waals surface area (Å²) in [5, 5.41) is 11.9. The van der Waals surface area contributed by atoms with E-state index in [1.165, 1.54) is 6.07 Å². The first-order chi connectivity index (χ1) is 9.41. The number of halogens is 2. The minimum Gasteiger partial charge on any atom is -0.507 e. The number of anilines is 2. The van der Waals surface area contributed by atoms with Gasteiger partial charge < -0.3 is 16.2 Å². The molecule has 0 bridgehead atoms. The maximum absolute atomic E-state index is 13.6. The number of amides is 1. The third-order valence-electron chi connectivity index (χ3n) is 2.85. The van der Waals surface area contributed by atoms with Gasteiger partial charge in [0, 0.05) is 0 Å². The van der Waals surface area contributed by atoms with Crippen molar-refractivity contribution >= 4 is 17.3 Å². The molecule has 0 aromatic heterocycles. The molecule has 0 unspecified atom stereocenters. The average Bonchev–Trinajstić information content (AvgIpc) is 2.42. The Labute approximate surface area is 113 Å². The summed E-state index contributed by atoms with van der Waals surface area (Å²) >= 11 is 0. The molecule has 104 valence electrons. The maximum atomic E-state index is 13.6. The van der Waals surface area contributed by atoms with Crippen LogP contribution in [0.25, 0.3) is 0 Å². The third-order valence-corrected chi connectivity index (χ3v) is 2.85. The molecular weight excluding hydrogens is 266 g/mol. The zero-order valence-corrected chi connectivity index (χ0v) is 10.6. The van der Waals surface area contributed by atoms with Crippen LogP contribution < -0.4 is 11.1 Å². The highest BCUT2D eigenvalue weighted by atomic mass is 19.2. The zero-order chi connectivity index (χ0) is 14.9. The predicted molar refractivity (Wildman–Crippen MR) is 71.6 cm³/mol. The third kappa shape index (κ3) is 2.40. The molecule has 0 saturated carbocycles. The van der Waals surface area contributed by atoms with E-state index in [1.807, 2.05) is 0 Å². The minimum absolute atomic E-state index is 0.0481. The topological polar surface area (TPSA) is 75.4 Å². The lowest BCUT2D eigenvalue weighted by atomic mass is 10.1. The quantitative estimate of drug-likeness (QED) is 0.739. The summed E-state index contributed by atoms with van der Waals surface area (Å²) in [7, 11) is 0. The van der Waals surface area contributed by atoms with Gasteiger partial charge in [-0.3, -0.25) is 4.79 Å². The van der Waals surface area contributed by atoms with Crippen LogP contribution in [0.5, 0.6) is 5.75 Å². The summed E-state index contributed by atoms with van der Waals surface area (Å²) in [5.41, 5.74) is 5.39. The van der Waals surface area contributed by atoms with Crippen molar-refractivity contribution in [1.29, 1.82) is 0 Å². The Morgan fingerprint density at radius 3 is 2.65 bits per heavy atom. The van der Waals surface area contributed by atoms with Crippen molar-refractivity contribution in [1.82, 2.24) is 0 Å². The molecule has 6 heteroatoms. The number of hydrogen-bond acceptors (Lipinski definition) is 3. The van der Waals surface area contributed by atoms with E-state index in [1.54, 1.807) is 19.1 Å². The molecule has 2 rings (SSSR count). The van der Waals surface area contributed by atoms with Gasteiger partial charge in [-0.05, 0) is 30.7 Å². The van der Waals surface area contributed by atoms with Crippen molar-refractivity contribution in [3.8, 4) is 5.75 Å². The van der Waals surface area contributed by atoms with Crippen molar-refractivity contribution in [2.45, 2.75) is 6.92 Å². The van der Waals surface area contributed by atoms with Gasteiger partial charge in [-0.15, -0.1) is 0 Å². The smallest absolute Gasteiger partial charge is 0.259 e. The van der Waals surface area contributed by atoms with Crippen LogP contribution in [0, 0.1) is 18.6 Å². The monoisotopic (exact) mass is 278 g/mol. The van der Waals surface area contributed by atoms with Gasteiger partial charge in [0.15, 0.2) is 11.6 Å². The van der Waals surface area contributed by atoms with Gasteiger partial charge in [0.1, 0.15) is 11.4 Å². The summed E-state index contributed by atoms with van der Waals surface area (Å²) in [4.78, 5) is 12.0. The molecule has 1 amide bonds. The van der Waals surface area contributed by atoms with Gasteiger partial charge in [-0.25, -0.2) is 8.78 Å². The molecule has 2 aromatic rings. The standard InChI is InChI=1S/C14H12F2N2O2/c1-7-3-2-4-8(13(7)19)14(20)18-12-10(17)6-5-9(15)11(12)16/h2-6,19H,17H2,1H3,(H,18,20). The molecule has 0 fully saturated rings. The predicted octanol–water partition coefficient (Wildman–Crippen LogP) is 2.81. The fourth-order valence-corrected chi connectivity index (χ4v) is 1.72. The number of carbonyl (C=O) groups is 1. The van der Waals surface area contributed by atoms with Crippen molar-refractivity contribution < 1.29 is 18.7 Å². The van der Waals surface area contributed by atoms with Crippen molar-refractivity contribution in [3.05, 3.63) is 53.1 Å². The Morgan fingerprint density at radius 2 is 1.95 bits per heavy atom. The number of nitrogen functional groups attached to an aromatic ring is 1. The number of carbonyl (C=O) groups excluding carboxylic acids is 1. The largest absolute Gasteiger partial charge is 0.507 e. The molecule has 0 atom stereocenters. The van der Waals surface area contributed by atoms with E-state index in [4.69, 9.17) is 5.73 Å². The highest BCUT2D eigenvalue weighted by molar-refractivity contribution is 6.07. The van der Waals surface area contributed by atoms with Gasteiger partial charge in [0.05, 0.1) is 11.3 Å². The number of nitrogens with two attached hydrogens (primary N) is 1. The average molecular weight is 278 g/mol. The molecule has 0 radical (unpaired) electrons. The van der Waals surface area contributed by atoms with Gasteiger partial charge in [-0.1, -0.05) is 12.1 Å². The highest BCUT2D eigenvalue weighted by Crippen LogP contribution is 2.27. The maximum Gasteiger partial charge on any atom is 0.259 e. The second kappa shape index (κ2) is 5.16. The van der Waals surface area contributed by atoms with E-state index < -0.39 is 23.2 Å². The zero-order valence-electron chi connectivity index (χ0n) is 10.6. The van der Waals surface area contributed by atoms with Crippen LogP contribution in [0.3, 0.4) is 0 Å². The first-order valence-corrected chi connectivity index (χ1v) is 5.75. The Bertz CT molecular complexity index is 687. The number of hydrogen-bond donors (Lipinski definition) is 3. The normalized spacial score (nSPS) is 10.3. The fourth-order valence-electron chi connectivity index (χ4n) is 1.72. The number of phenols is 1. The number of benzene rings is 2. The number of aromatic hydroxyl groups is 1. The number of para-hydroxylation sites is 1. The Morgan fingerprint density at radius 1 is 1.25 bits per heavy atom. The van der Waals surface area contributed by atoms with E-state index in [-0.39, 0.29) is 17.0 Å². The lowest BCUT2D eigenvalue weighted by Crippen LogP contribution is -2.15. The molecule has 4 N–H and O–H groups in total. The van der Waals surface area contributed by atoms with Crippen LogP contribution >= 0.6 is 0 Å². The summed E-state index contributed by atoms with van der Waals surface area (Å²) in [6.45, 7) is 1.61. The number of rotatable bonds is 2. The number of nitrogens with one attached hydrogen (secondary N) is 1. The van der Waals surface area contributed by atoms with Gasteiger partial charge in [0.2, 0.25) is 0 Å². The van der Waals surface area contributed by atoms with E-state index >= 15 is 0 Å². The number of aryl methyl sites for hydroxylation is 1. The van der Waals surface area contributed by atoms with Crippen LogP contribution in [0.4, 0.5) is 20.2 Å². The first-order valence-electron chi connectivity index (χ1n) is 5.75. The van der Waals surface area contributed by atoms with Crippen LogP contribution in [0.15, 0.2) is 30.3 Å². The lowest BCUT2D eigenvalue weighted by Gasteiger charge is -2.11. The first kappa shape index (κ1) is 13.8. The molecule has 0 aliphatic carbocycles. The molecule has 0 aliphatic heterocycles. The van der Waals surface area contributed by atoms with E-state index in [0.717, 1.165) is 12.1 Å². The van der Waals surface area contributed by atoms with Crippen LogP contribution in [-0.4, -0.2) is 11.0 Å². The second-order valence-electron chi connectivity index (χ2n) is 4.25. The van der Waals surface area contributed by atoms with Crippen molar-refractivity contribution in [2.24, 2.45) is 0 Å². The van der Waals surface area contributed by atoms with E-state index in [9.17, 15) is 18.7 Å². The SMILES string of the molecule is Cc1cccc(C(=O)Nc2c(N)ccc(F)c2F)c1O. The van der Waals surface area contributed by atoms with Crippen LogP contribution in [-0.2, 0) is 0 Å². The lowest BCUT2D eigenvalue weighted by molar-refractivity contribution is 0.102. The van der Waals surface area contributed by atoms with E-state index in [0.29, 0.717) is 5.56 Å². The Balaban J connectivity index is 2.38. The minimum atomic E-state index is -1.24. The van der Waals surface area contributed by atoms with Gasteiger partial charge in [0.25, 0.3) is 5.91 Å². The summed E-state index contributed by atoms with van der Waals surface area (Å²) in [6, 6.07) is 6.55. The van der Waals surface area contributed by atoms with Gasteiger partial charge >= 0.3 is 0 Å². The number of phenolic OH excluding ortho intramolecular Hbond substituents is 1. The molecule has 0 heterocycles. The summed E-state index contributed by atoms with van der Waals surface area (Å²) in [6.07, 6.45) is 0. The molecule has 0 aliphatic rings. The second-order valence-corrected chi connectivity index (χ2v) is 4.25. The van der Waals surface area contributed by atoms with Gasteiger partial charge in [-0.2, -0.15) is 0 Å². The summed E-state index contributed by atoms with van der Waals surface area (Å²) in [5.74, 6) is -3.36. The fraction of sp³-hybridized carbons (Fsp3) is 0.0714. The van der Waals surface area contributed by atoms with E-state index in [2.05, 4.69) is 5.32 Å². The molecule has 2 aromatic carbocycles. The molecule has 4 nitrogen and oxygen atoms in total. The van der Waals surface area contributed by atoms with Crippen molar-refractivity contribution in [3.63, 3.8) is 0 Å². The van der Waals surface area contributed by atoms with Crippen molar-refractivity contribution in [2.75, 3.05) is 11.1 Å². The Hall–Kier alpha value is -2.63. The molecule has 0 spiro atoms. The summed E-state index contributed by atoms with van der Waals surface area (Å²) < 4.78 is 26.7. The van der Waals surface area contributed by atoms with Crippen LogP contribution in [0.1, 0.15) is 15.9 Å². The molecule has 0 saturated heterocycles.